The van der Waals surface area contributed by atoms with Gasteiger partial charge in [0.15, 0.2) is 5.96 Å². The van der Waals surface area contributed by atoms with Crippen molar-refractivity contribution in [2.45, 2.75) is 38.9 Å². The number of ether oxygens (including phenoxy) is 1. The summed E-state index contributed by atoms with van der Waals surface area (Å²) in [6.45, 7) is 6.85. The maximum atomic E-state index is 11.2. The van der Waals surface area contributed by atoms with Crippen molar-refractivity contribution in [3.63, 3.8) is 0 Å². The average Bonchev–Trinajstić information content (AvgIpc) is 3.09. The van der Waals surface area contributed by atoms with Crippen LogP contribution in [0.5, 0.6) is 5.75 Å². The second kappa shape index (κ2) is 11.4. The van der Waals surface area contributed by atoms with E-state index in [1.54, 1.807) is 7.05 Å². The van der Waals surface area contributed by atoms with Gasteiger partial charge < -0.3 is 20.7 Å². The quantitative estimate of drug-likeness (QED) is 0.346. The molecule has 2 aromatic rings. The van der Waals surface area contributed by atoms with Crippen molar-refractivity contribution in [3.05, 3.63) is 60.2 Å². The fourth-order valence-electron chi connectivity index (χ4n) is 3.83. The number of nitrogens with zero attached hydrogens (tertiary/aromatic N) is 2. The molecule has 2 unspecified atom stereocenters. The topological polar surface area (TPSA) is 78.0 Å². The lowest BCUT2D eigenvalue weighted by Crippen LogP contribution is -2.45. The number of likely N-dealkylation sites (tertiary alicyclic amines) is 1. The molecule has 2 aromatic carbocycles. The first-order valence-corrected chi connectivity index (χ1v) is 10.8. The molecule has 1 aliphatic rings. The van der Waals surface area contributed by atoms with E-state index >= 15 is 0 Å². The number of carbonyl (C=O) groups is 1. The predicted molar refractivity (Wildman–Crippen MR) is 125 cm³/mol. The molecule has 1 heterocycles. The molecule has 1 amide bonds. The fraction of sp³-hybridized carbons (Fsp3) is 0.417. The summed E-state index contributed by atoms with van der Waals surface area (Å²) in [4.78, 5) is 18.0. The van der Waals surface area contributed by atoms with E-state index in [1.807, 2.05) is 24.3 Å². The number of guanidine groups is 1. The van der Waals surface area contributed by atoms with Gasteiger partial charge in [-0.25, -0.2) is 0 Å². The zero-order valence-corrected chi connectivity index (χ0v) is 18.6. The van der Waals surface area contributed by atoms with E-state index in [1.165, 1.54) is 12.5 Å². The fourth-order valence-corrected chi connectivity index (χ4v) is 3.83. The van der Waals surface area contributed by atoms with Crippen molar-refractivity contribution in [1.29, 1.82) is 0 Å². The van der Waals surface area contributed by atoms with Gasteiger partial charge in [0.1, 0.15) is 12.4 Å². The number of aliphatic imine (C=N–C) groups is 1. The molecule has 166 valence electrons. The Labute approximate surface area is 184 Å². The Hall–Kier alpha value is -3.06. The Morgan fingerprint density at radius 1 is 1.19 bits per heavy atom. The molecule has 0 bridgehead atoms. The Morgan fingerprint density at radius 2 is 2.00 bits per heavy atom. The lowest BCUT2D eigenvalue weighted by molar-refractivity contribution is -0.114. The molecule has 2 atom stereocenters. The molecule has 3 rings (SSSR count). The molecule has 7 heteroatoms. The number of hydrogen-bond acceptors (Lipinski definition) is 4. The Bertz CT molecular complexity index is 871. The standard InChI is InChI=1S/C24H33N5O2/c1-18-14-22(17-29(18)16-20-8-5-4-6-9-20)28-24(25-3)26-12-13-31-23-11-7-10-21(15-23)27-19(2)30/h4-11,15,18,22H,12-14,16-17H2,1-3H3,(H,27,30)(H2,25,26,28). The molecule has 0 saturated carbocycles. The second-order valence-electron chi connectivity index (χ2n) is 7.90. The molecule has 1 fully saturated rings. The molecule has 1 saturated heterocycles. The first-order chi connectivity index (χ1) is 15.0. The van der Waals surface area contributed by atoms with Crippen LogP contribution in [0.3, 0.4) is 0 Å². The van der Waals surface area contributed by atoms with Gasteiger partial charge in [0.25, 0.3) is 0 Å². The predicted octanol–water partition coefficient (Wildman–Crippen LogP) is 2.85. The smallest absolute Gasteiger partial charge is 0.221 e. The number of amides is 1. The van der Waals surface area contributed by atoms with Gasteiger partial charge >= 0.3 is 0 Å². The van der Waals surface area contributed by atoms with Gasteiger partial charge in [0.05, 0.1) is 6.54 Å². The first kappa shape index (κ1) is 22.6. The number of hydrogen-bond donors (Lipinski definition) is 3. The van der Waals surface area contributed by atoms with Crippen molar-refractivity contribution in [2.75, 3.05) is 32.1 Å². The lowest BCUT2D eigenvalue weighted by Gasteiger charge is -2.21. The SMILES string of the molecule is CN=C(NCCOc1cccc(NC(C)=O)c1)NC1CC(C)N(Cc2ccccc2)C1. The molecule has 1 aliphatic heterocycles. The van der Waals surface area contributed by atoms with E-state index in [9.17, 15) is 4.79 Å². The van der Waals surface area contributed by atoms with Crippen LogP contribution in [0, 0.1) is 0 Å². The van der Waals surface area contributed by atoms with Crippen LogP contribution in [0.1, 0.15) is 25.8 Å². The number of carbonyl (C=O) groups excluding carboxylic acids is 1. The monoisotopic (exact) mass is 423 g/mol. The van der Waals surface area contributed by atoms with E-state index in [4.69, 9.17) is 4.74 Å². The zero-order chi connectivity index (χ0) is 22.1. The van der Waals surface area contributed by atoms with Gasteiger partial charge in [0, 0.05) is 50.9 Å². The molecule has 0 radical (unpaired) electrons. The Morgan fingerprint density at radius 3 is 2.74 bits per heavy atom. The number of benzene rings is 2. The Kier molecular flexibility index (Phi) is 8.29. The summed E-state index contributed by atoms with van der Waals surface area (Å²) in [5.41, 5.74) is 2.07. The summed E-state index contributed by atoms with van der Waals surface area (Å²) in [6, 6.07) is 18.9. The highest BCUT2D eigenvalue weighted by Crippen LogP contribution is 2.20. The largest absolute Gasteiger partial charge is 0.492 e. The van der Waals surface area contributed by atoms with Gasteiger partial charge in [-0.1, -0.05) is 36.4 Å². The third-order valence-corrected chi connectivity index (χ3v) is 5.31. The molecule has 0 spiro atoms. The third kappa shape index (κ3) is 7.29. The molecule has 0 aromatic heterocycles. The van der Waals surface area contributed by atoms with Crippen LogP contribution >= 0.6 is 0 Å². The highest BCUT2D eigenvalue weighted by Gasteiger charge is 2.29. The van der Waals surface area contributed by atoms with Crippen LogP contribution in [-0.4, -0.2) is 55.6 Å². The molecule has 0 aliphatic carbocycles. The highest BCUT2D eigenvalue weighted by atomic mass is 16.5. The summed E-state index contributed by atoms with van der Waals surface area (Å²) in [5, 5.41) is 9.61. The molecular weight excluding hydrogens is 390 g/mol. The van der Waals surface area contributed by atoms with Crippen LogP contribution in [0.15, 0.2) is 59.6 Å². The summed E-state index contributed by atoms with van der Waals surface area (Å²) >= 11 is 0. The van der Waals surface area contributed by atoms with Crippen LogP contribution in [0.2, 0.25) is 0 Å². The van der Waals surface area contributed by atoms with Gasteiger partial charge in [-0.2, -0.15) is 0 Å². The third-order valence-electron chi connectivity index (χ3n) is 5.31. The van der Waals surface area contributed by atoms with E-state index in [-0.39, 0.29) is 5.91 Å². The van der Waals surface area contributed by atoms with Gasteiger partial charge in [-0.05, 0) is 31.0 Å². The molecule has 31 heavy (non-hydrogen) atoms. The maximum Gasteiger partial charge on any atom is 0.221 e. The van der Waals surface area contributed by atoms with Gasteiger partial charge in [-0.15, -0.1) is 0 Å². The number of rotatable bonds is 8. The molecule has 7 nitrogen and oxygen atoms in total. The average molecular weight is 424 g/mol. The van der Waals surface area contributed by atoms with Crippen molar-refractivity contribution < 1.29 is 9.53 Å². The summed E-state index contributed by atoms with van der Waals surface area (Å²) < 4.78 is 5.79. The van der Waals surface area contributed by atoms with E-state index in [0.29, 0.717) is 25.2 Å². The van der Waals surface area contributed by atoms with E-state index in [0.717, 1.165) is 36.9 Å². The number of nitrogens with one attached hydrogen (secondary N) is 3. The van der Waals surface area contributed by atoms with Crippen LogP contribution < -0.4 is 20.7 Å². The normalized spacial score (nSPS) is 19.1. The molecular formula is C24H33N5O2. The van der Waals surface area contributed by atoms with Crippen molar-refractivity contribution in [2.24, 2.45) is 4.99 Å². The minimum absolute atomic E-state index is 0.0998. The van der Waals surface area contributed by atoms with Crippen molar-refractivity contribution in [1.82, 2.24) is 15.5 Å². The summed E-state index contributed by atoms with van der Waals surface area (Å²) in [5.74, 6) is 1.41. The van der Waals surface area contributed by atoms with Crippen LogP contribution in [0.4, 0.5) is 5.69 Å². The second-order valence-corrected chi connectivity index (χ2v) is 7.90. The summed E-state index contributed by atoms with van der Waals surface area (Å²) in [6.07, 6.45) is 1.08. The van der Waals surface area contributed by atoms with Crippen molar-refractivity contribution >= 4 is 17.6 Å². The highest BCUT2D eigenvalue weighted by molar-refractivity contribution is 5.88. The minimum atomic E-state index is -0.0998. The number of anilines is 1. The van der Waals surface area contributed by atoms with E-state index < -0.39 is 0 Å². The zero-order valence-electron chi connectivity index (χ0n) is 18.6. The Balaban J connectivity index is 1.40. The van der Waals surface area contributed by atoms with Gasteiger partial charge in [-0.3, -0.25) is 14.7 Å². The van der Waals surface area contributed by atoms with Gasteiger partial charge in [0.2, 0.25) is 5.91 Å². The maximum absolute atomic E-state index is 11.2. The minimum Gasteiger partial charge on any atom is -0.492 e. The first-order valence-electron chi connectivity index (χ1n) is 10.8. The van der Waals surface area contributed by atoms with Crippen LogP contribution in [-0.2, 0) is 11.3 Å². The van der Waals surface area contributed by atoms with Crippen LogP contribution in [0.25, 0.3) is 0 Å². The molecule has 3 N–H and O–H groups in total. The summed E-state index contributed by atoms with van der Waals surface area (Å²) in [7, 11) is 1.78. The lowest BCUT2D eigenvalue weighted by atomic mass is 10.2. The van der Waals surface area contributed by atoms with E-state index in [2.05, 4.69) is 63.1 Å². The van der Waals surface area contributed by atoms with Crippen molar-refractivity contribution in [3.8, 4) is 5.75 Å².